The average molecular weight is 356 g/mol. The molecular weight excluding hydrogens is 343 g/mol. The van der Waals surface area contributed by atoms with Crippen LogP contribution >= 0.6 is 0 Å². The standard InChI is InChI=1S/C17H13FN4O4/c18-14-5-1-3-11-4-2-6-21(16(11)14)15(23)10-20-9-13(22(25)26)7-12(8-19)17(20)24/h1,3,5,7,9H,2,4,6,10H2. The molecule has 0 saturated carbocycles. The summed E-state index contributed by atoms with van der Waals surface area (Å²) in [6, 6.07) is 6.98. The molecule has 0 bridgehead atoms. The first-order valence-corrected chi connectivity index (χ1v) is 7.79. The van der Waals surface area contributed by atoms with Gasteiger partial charge in [0.05, 0.1) is 16.8 Å². The number of nitro groups is 1. The van der Waals surface area contributed by atoms with E-state index in [1.54, 1.807) is 18.2 Å². The van der Waals surface area contributed by atoms with Crippen molar-refractivity contribution in [3.05, 3.63) is 67.9 Å². The van der Waals surface area contributed by atoms with Crippen LogP contribution < -0.4 is 10.5 Å². The number of rotatable bonds is 3. The molecule has 1 aromatic heterocycles. The maximum atomic E-state index is 14.2. The molecule has 132 valence electrons. The van der Waals surface area contributed by atoms with Crippen LogP contribution in [0.15, 0.2) is 35.3 Å². The lowest BCUT2D eigenvalue weighted by Gasteiger charge is -2.30. The van der Waals surface area contributed by atoms with Gasteiger partial charge in [0.1, 0.15) is 24.0 Å². The molecule has 26 heavy (non-hydrogen) atoms. The van der Waals surface area contributed by atoms with Crippen LogP contribution in [0.5, 0.6) is 0 Å². The fraction of sp³-hybridized carbons (Fsp3) is 0.235. The first kappa shape index (κ1) is 17.3. The number of carbonyl (C=O) groups excluding carboxylic acids is 1. The highest BCUT2D eigenvalue weighted by atomic mass is 19.1. The number of carbonyl (C=O) groups is 1. The minimum absolute atomic E-state index is 0.169. The molecule has 1 amide bonds. The van der Waals surface area contributed by atoms with Gasteiger partial charge in [0.2, 0.25) is 5.91 Å². The van der Waals surface area contributed by atoms with E-state index in [9.17, 15) is 24.1 Å². The summed E-state index contributed by atoms with van der Waals surface area (Å²) in [6.45, 7) is -0.246. The van der Waals surface area contributed by atoms with Gasteiger partial charge in [-0.1, -0.05) is 12.1 Å². The summed E-state index contributed by atoms with van der Waals surface area (Å²) in [5, 5.41) is 19.9. The topological polar surface area (TPSA) is 109 Å². The summed E-state index contributed by atoms with van der Waals surface area (Å²) in [5.74, 6) is -1.12. The van der Waals surface area contributed by atoms with E-state index in [1.807, 2.05) is 0 Å². The third-order valence-electron chi connectivity index (χ3n) is 4.18. The Kier molecular flexibility index (Phi) is 4.49. The first-order chi connectivity index (χ1) is 12.4. The quantitative estimate of drug-likeness (QED) is 0.615. The minimum atomic E-state index is -0.808. The molecule has 0 radical (unpaired) electrons. The van der Waals surface area contributed by atoms with Crippen molar-refractivity contribution in [1.29, 1.82) is 5.26 Å². The number of para-hydroxylation sites is 1. The van der Waals surface area contributed by atoms with Gasteiger partial charge >= 0.3 is 0 Å². The van der Waals surface area contributed by atoms with E-state index in [0.29, 0.717) is 18.4 Å². The Labute approximate surface area is 146 Å². The van der Waals surface area contributed by atoms with Gasteiger partial charge in [-0.25, -0.2) is 4.39 Å². The van der Waals surface area contributed by atoms with E-state index in [2.05, 4.69) is 0 Å². The SMILES string of the molecule is N#Cc1cc([N+](=O)[O-])cn(CC(=O)N2CCCc3cccc(F)c32)c1=O. The Bertz CT molecular complexity index is 1010. The number of fused-ring (bicyclic) bond motifs is 1. The lowest BCUT2D eigenvalue weighted by Crippen LogP contribution is -2.40. The Balaban J connectivity index is 1.98. The van der Waals surface area contributed by atoms with Gasteiger partial charge in [0.25, 0.3) is 11.2 Å². The van der Waals surface area contributed by atoms with Crippen LogP contribution in [0, 0.1) is 27.3 Å². The molecule has 0 atom stereocenters. The second-order valence-electron chi connectivity index (χ2n) is 5.81. The van der Waals surface area contributed by atoms with Gasteiger partial charge in [-0.05, 0) is 24.5 Å². The molecule has 1 aliphatic heterocycles. The summed E-state index contributed by atoms with van der Waals surface area (Å²) in [4.78, 5) is 36.3. The Morgan fingerprint density at radius 3 is 2.88 bits per heavy atom. The Hall–Kier alpha value is -3.54. The molecule has 8 nitrogen and oxygen atoms in total. The third kappa shape index (κ3) is 3.04. The number of anilines is 1. The predicted molar refractivity (Wildman–Crippen MR) is 89.1 cm³/mol. The average Bonchev–Trinajstić information content (AvgIpc) is 2.63. The minimum Gasteiger partial charge on any atom is -0.308 e. The molecule has 9 heteroatoms. The van der Waals surface area contributed by atoms with Crippen molar-refractivity contribution < 1.29 is 14.1 Å². The highest BCUT2D eigenvalue weighted by Gasteiger charge is 2.26. The number of nitrogens with zero attached hydrogens (tertiary/aromatic N) is 4. The van der Waals surface area contributed by atoms with Crippen LogP contribution in [0.25, 0.3) is 0 Å². The van der Waals surface area contributed by atoms with Gasteiger partial charge in [0, 0.05) is 12.6 Å². The largest absolute Gasteiger partial charge is 0.308 e. The summed E-state index contributed by atoms with van der Waals surface area (Å²) < 4.78 is 15.0. The Morgan fingerprint density at radius 2 is 2.19 bits per heavy atom. The van der Waals surface area contributed by atoms with E-state index in [0.717, 1.165) is 16.8 Å². The van der Waals surface area contributed by atoms with Crippen LogP contribution in [0.1, 0.15) is 17.5 Å². The van der Waals surface area contributed by atoms with E-state index in [4.69, 9.17) is 5.26 Å². The van der Waals surface area contributed by atoms with Gasteiger partial charge in [-0.15, -0.1) is 0 Å². The number of benzene rings is 1. The monoisotopic (exact) mass is 356 g/mol. The Morgan fingerprint density at radius 1 is 1.42 bits per heavy atom. The molecule has 0 unspecified atom stereocenters. The smallest absolute Gasteiger partial charge is 0.287 e. The van der Waals surface area contributed by atoms with Crippen LogP contribution in [0.4, 0.5) is 15.8 Å². The fourth-order valence-electron chi connectivity index (χ4n) is 3.00. The highest BCUT2D eigenvalue weighted by molar-refractivity contribution is 5.94. The number of hydrogen-bond acceptors (Lipinski definition) is 5. The van der Waals surface area contributed by atoms with Crippen molar-refractivity contribution >= 4 is 17.3 Å². The van der Waals surface area contributed by atoms with Crippen LogP contribution in [-0.4, -0.2) is 21.9 Å². The van der Waals surface area contributed by atoms with Crippen molar-refractivity contribution in [2.24, 2.45) is 0 Å². The van der Waals surface area contributed by atoms with Crippen LogP contribution in [-0.2, 0) is 17.8 Å². The molecule has 3 rings (SSSR count). The summed E-state index contributed by atoms with van der Waals surface area (Å²) in [7, 11) is 0. The van der Waals surface area contributed by atoms with Gasteiger partial charge < -0.3 is 4.90 Å². The lowest BCUT2D eigenvalue weighted by atomic mass is 10.0. The molecule has 0 N–H and O–H groups in total. The van der Waals surface area contributed by atoms with Crippen molar-refractivity contribution in [2.45, 2.75) is 19.4 Å². The second kappa shape index (κ2) is 6.76. The molecule has 0 aliphatic carbocycles. The number of aromatic nitrogens is 1. The van der Waals surface area contributed by atoms with Crippen molar-refractivity contribution in [1.82, 2.24) is 4.57 Å². The van der Waals surface area contributed by atoms with Crippen molar-refractivity contribution in [3.63, 3.8) is 0 Å². The molecule has 1 aliphatic rings. The first-order valence-electron chi connectivity index (χ1n) is 7.79. The normalized spacial score (nSPS) is 13.0. The van der Waals surface area contributed by atoms with Gasteiger partial charge in [0.15, 0.2) is 0 Å². The zero-order valence-electron chi connectivity index (χ0n) is 13.5. The number of hydrogen-bond donors (Lipinski definition) is 0. The summed E-state index contributed by atoms with van der Waals surface area (Å²) in [5.41, 5.74) is -0.856. The van der Waals surface area contributed by atoms with Crippen molar-refractivity contribution in [3.8, 4) is 6.07 Å². The maximum absolute atomic E-state index is 14.2. The van der Waals surface area contributed by atoms with Gasteiger partial charge in [-0.3, -0.25) is 24.3 Å². The highest BCUT2D eigenvalue weighted by Crippen LogP contribution is 2.30. The number of aryl methyl sites for hydroxylation is 1. The zero-order chi connectivity index (χ0) is 18.8. The number of pyridine rings is 1. The second-order valence-corrected chi connectivity index (χ2v) is 5.81. The maximum Gasteiger partial charge on any atom is 0.287 e. The molecule has 2 aromatic rings. The van der Waals surface area contributed by atoms with E-state index >= 15 is 0 Å². The molecule has 0 fully saturated rings. The molecule has 0 saturated heterocycles. The van der Waals surface area contributed by atoms with Gasteiger partial charge in [-0.2, -0.15) is 5.26 Å². The third-order valence-corrected chi connectivity index (χ3v) is 4.18. The fourth-order valence-corrected chi connectivity index (χ4v) is 3.00. The number of nitriles is 1. The molecular formula is C17H13FN4O4. The molecule has 2 heterocycles. The summed E-state index contributed by atoms with van der Waals surface area (Å²) in [6.07, 6.45) is 2.18. The van der Waals surface area contributed by atoms with Crippen molar-refractivity contribution in [2.75, 3.05) is 11.4 Å². The summed E-state index contributed by atoms with van der Waals surface area (Å²) >= 11 is 0. The number of halogens is 1. The predicted octanol–water partition coefficient (Wildman–Crippen LogP) is 1.75. The number of amides is 1. The van der Waals surface area contributed by atoms with E-state index in [1.165, 1.54) is 11.0 Å². The van der Waals surface area contributed by atoms with Crippen LogP contribution in [0.3, 0.4) is 0 Å². The van der Waals surface area contributed by atoms with E-state index in [-0.39, 0.29) is 12.2 Å². The molecule has 0 spiro atoms. The molecule has 1 aromatic carbocycles. The van der Waals surface area contributed by atoms with E-state index < -0.39 is 40.0 Å². The lowest BCUT2D eigenvalue weighted by molar-refractivity contribution is -0.385. The van der Waals surface area contributed by atoms with Crippen LogP contribution in [0.2, 0.25) is 0 Å². The zero-order valence-corrected chi connectivity index (χ0v) is 13.5.